The van der Waals surface area contributed by atoms with Gasteiger partial charge in [-0.2, -0.15) is 0 Å². The van der Waals surface area contributed by atoms with Crippen LogP contribution in [0.3, 0.4) is 0 Å². The van der Waals surface area contributed by atoms with E-state index in [1.807, 2.05) is 7.05 Å². The van der Waals surface area contributed by atoms with Crippen LogP contribution in [0.1, 0.15) is 5.56 Å². The van der Waals surface area contributed by atoms with E-state index in [4.69, 9.17) is 0 Å². The zero-order valence-corrected chi connectivity index (χ0v) is 11.2. The quantitative estimate of drug-likeness (QED) is 0.882. The minimum absolute atomic E-state index is 0.509. The topological polar surface area (TPSA) is 15.3 Å². The molecule has 0 radical (unpaired) electrons. The van der Waals surface area contributed by atoms with Crippen molar-refractivity contribution in [3.8, 4) is 0 Å². The van der Waals surface area contributed by atoms with Gasteiger partial charge in [-0.05, 0) is 45.3 Å². The lowest BCUT2D eigenvalue weighted by Gasteiger charge is -2.20. The van der Waals surface area contributed by atoms with E-state index >= 15 is 0 Å². The van der Waals surface area contributed by atoms with Crippen molar-refractivity contribution in [2.24, 2.45) is 0 Å². The summed E-state index contributed by atoms with van der Waals surface area (Å²) >= 11 is 3.49. The second-order valence-electron chi connectivity index (χ2n) is 4.08. The van der Waals surface area contributed by atoms with Gasteiger partial charge in [0.15, 0.2) is 0 Å². The Morgan fingerprint density at radius 1 is 1.40 bits per heavy atom. The van der Waals surface area contributed by atoms with Gasteiger partial charge in [0.05, 0.1) is 0 Å². The molecule has 2 nitrogen and oxygen atoms in total. The summed E-state index contributed by atoms with van der Waals surface area (Å²) in [6, 6.07) is 9.01. The lowest BCUT2D eigenvalue weighted by Crippen LogP contribution is -2.37. The molecule has 1 unspecified atom stereocenters. The zero-order chi connectivity index (χ0) is 11.3. The summed E-state index contributed by atoms with van der Waals surface area (Å²) in [6.45, 7) is 1.06. The number of likely N-dealkylation sites (N-methyl/N-ethyl adjacent to an activating group) is 2. The summed E-state index contributed by atoms with van der Waals surface area (Å²) in [5.74, 6) is 0. The van der Waals surface area contributed by atoms with E-state index in [9.17, 15) is 0 Å². The molecule has 3 heteroatoms. The van der Waals surface area contributed by atoms with E-state index in [1.165, 1.54) is 5.56 Å². The van der Waals surface area contributed by atoms with Crippen molar-refractivity contribution < 1.29 is 0 Å². The van der Waals surface area contributed by atoms with Crippen LogP contribution in [-0.2, 0) is 6.42 Å². The Morgan fingerprint density at radius 3 is 2.67 bits per heavy atom. The standard InChI is InChI=1S/C12H19BrN2/c1-14-12(9-15(2)3)8-10-5-4-6-11(13)7-10/h4-7,12,14H,8-9H2,1-3H3. The minimum atomic E-state index is 0.509. The lowest BCUT2D eigenvalue weighted by molar-refractivity contribution is 0.346. The number of nitrogens with one attached hydrogen (secondary N) is 1. The van der Waals surface area contributed by atoms with Gasteiger partial charge in [-0.3, -0.25) is 0 Å². The minimum Gasteiger partial charge on any atom is -0.315 e. The predicted octanol–water partition coefficient (Wildman–Crippen LogP) is 2.14. The summed E-state index contributed by atoms with van der Waals surface area (Å²) in [5, 5.41) is 3.34. The van der Waals surface area contributed by atoms with Crippen LogP contribution in [0.2, 0.25) is 0 Å². The van der Waals surface area contributed by atoms with Crippen LogP contribution in [0.4, 0.5) is 0 Å². The maximum atomic E-state index is 3.49. The third-order valence-electron chi connectivity index (χ3n) is 2.36. The fourth-order valence-electron chi connectivity index (χ4n) is 1.65. The number of halogens is 1. The van der Waals surface area contributed by atoms with Crippen LogP contribution in [0, 0.1) is 0 Å². The molecule has 0 saturated carbocycles. The van der Waals surface area contributed by atoms with Crippen molar-refractivity contribution in [2.75, 3.05) is 27.7 Å². The Bertz CT molecular complexity index is 299. The number of benzene rings is 1. The molecule has 0 aliphatic rings. The number of nitrogens with zero attached hydrogens (tertiary/aromatic N) is 1. The van der Waals surface area contributed by atoms with Crippen molar-refractivity contribution in [1.82, 2.24) is 10.2 Å². The molecule has 1 rings (SSSR count). The summed E-state index contributed by atoms with van der Waals surface area (Å²) in [7, 11) is 6.22. The molecule has 0 aliphatic carbocycles. The molecule has 0 spiro atoms. The maximum Gasteiger partial charge on any atom is 0.0232 e. The summed E-state index contributed by atoms with van der Waals surface area (Å²) in [5.41, 5.74) is 1.37. The maximum absolute atomic E-state index is 3.49. The second-order valence-corrected chi connectivity index (χ2v) is 5.00. The first-order valence-corrected chi connectivity index (χ1v) is 5.97. The fourth-order valence-corrected chi connectivity index (χ4v) is 2.09. The molecular weight excluding hydrogens is 252 g/mol. The molecule has 0 aliphatic heterocycles. The Balaban J connectivity index is 2.58. The third kappa shape index (κ3) is 4.78. The number of rotatable bonds is 5. The zero-order valence-electron chi connectivity index (χ0n) is 9.63. The number of hydrogen-bond donors (Lipinski definition) is 1. The normalized spacial score (nSPS) is 13.1. The molecule has 0 fully saturated rings. The summed E-state index contributed by atoms with van der Waals surface area (Å²) in [4.78, 5) is 2.21. The molecule has 1 N–H and O–H groups in total. The van der Waals surface area contributed by atoms with Crippen LogP contribution in [0.25, 0.3) is 0 Å². The molecule has 1 aromatic rings. The van der Waals surface area contributed by atoms with Crippen molar-refractivity contribution in [1.29, 1.82) is 0 Å². The smallest absolute Gasteiger partial charge is 0.0232 e. The van der Waals surface area contributed by atoms with Gasteiger partial charge in [0.25, 0.3) is 0 Å². The molecule has 84 valence electrons. The Labute approximate surface area is 101 Å². The van der Waals surface area contributed by atoms with Gasteiger partial charge in [-0.1, -0.05) is 28.1 Å². The molecule has 0 heterocycles. The lowest BCUT2D eigenvalue weighted by atomic mass is 10.1. The molecule has 1 aromatic carbocycles. The van der Waals surface area contributed by atoms with E-state index in [-0.39, 0.29) is 0 Å². The highest BCUT2D eigenvalue weighted by molar-refractivity contribution is 9.10. The highest BCUT2D eigenvalue weighted by atomic mass is 79.9. The third-order valence-corrected chi connectivity index (χ3v) is 2.86. The van der Waals surface area contributed by atoms with Gasteiger partial charge in [0, 0.05) is 17.1 Å². The van der Waals surface area contributed by atoms with Gasteiger partial charge in [0.2, 0.25) is 0 Å². The molecule has 0 aromatic heterocycles. The molecule has 0 bridgehead atoms. The highest BCUT2D eigenvalue weighted by Gasteiger charge is 2.08. The molecule has 0 amide bonds. The highest BCUT2D eigenvalue weighted by Crippen LogP contribution is 2.13. The van der Waals surface area contributed by atoms with Crippen molar-refractivity contribution in [3.05, 3.63) is 34.3 Å². The molecule has 15 heavy (non-hydrogen) atoms. The Kier molecular flexibility index (Phi) is 5.29. The molecule has 0 saturated heterocycles. The van der Waals surface area contributed by atoms with Gasteiger partial charge in [-0.15, -0.1) is 0 Å². The monoisotopic (exact) mass is 270 g/mol. The van der Waals surface area contributed by atoms with Crippen LogP contribution in [-0.4, -0.2) is 38.6 Å². The van der Waals surface area contributed by atoms with Crippen molar-refractivity contribution in [2.45, 2.75) is 12.5 Å². The largest absolute Gasteiger partial charge is 0.315 e. The molecular formula is C12H19BrN2. The van der Waals surface area contributed by atoms with Gasteiger partial charge in [0.1, 0.15) is 0 Å². The van der Waals surface area contributed by atoms with E-state index in [2.05, 4.69) is 64.5 Å². The first-order chi connectivity index (χ1) is 7.11. The SMILES string of the molecule is CNC(Cc1cccc(Br)c1)CN(C)C. The average molecular weight is 271 g/mol. The van der Waals surface area contributed by atoms with Crippen LogP contribution in [0.5, 0.6) is 0 Å². The second kappa shape index (κ2) is 6.26. The molecule has 1 atom stereocenters. The van der Waals surface area contributed by atoms with E-state index in [0.717, 1.165) is 17.4 Å². The van der Waals surface area contributed by atoms with Crippen LogP contribution >= 0.6 is 15.9 Å². The van der Waals surface area contributed by atoms with Gasteiger partial charge < -0.3 is 10.2 Å². The number of hydrogen-bond acceptors (Lipinski definition) is 2. The van der Waals surface area contributed by atoms with Crippen molar-refractivity contribution >= 4 is 15.9 Å². The first-order valence-electron chi connectivity index (χ1n) is 5.18. The van der Waals surface area contributed by atoms with Crippen LogP contribution in [0.15, 0.2) is 28.7 Å². The Hall–Kier alpha value is -0.380. The van der Waals surface area contributed by atoms with E-state index in [0.29, 0.717) is 6.04 Å². The van der Waals surface area contributed by atoms with Gasteiger partial charge in [-0.25, -0.2) is 0 Å². The summed E-state index contributed by atoms with van der Waals surface area (Å²) in [6.07, 6.45) is 1.06. The predicted molar refractivity (Wildman–Crippen MR) is 69.2 cm³/mol. The van der Waals surface area contributed by atoms with Crippen molar-refractivity contribution in [3.63, 3.8) is 0 Å². The van der Waals surface area contributed by atoms with E-state index in [1.54, 1.807) is 0 Å². The first kappa shape index (κ1) is 12.7. The Morgan fingerprint density at radius 2 is 2.13 bits per heavy atom. The van der Waals surface area contributed by atoms with Gasteiger partial charge >= 0.3 is 0 Å². The van der Waals surface area contributed by atoms with E-state index < -0.39 is 0 Å². The van der Waals surface area contributed by atoms with Crippen LogP contribution < -0.4 is 5.32 Å². The fraction of sp³-hybridized carbons (Fsp3) is 0.500. The summed E-state index contributed by atoms with van der Waals surface area (Å²) < 4.78 is 1.15. The average Bonchev–Trinajstić information content (AvgIpc) is 2.16.